The Bertz CT molecular complexity index is 574. The van der Waals surface area contributed by atoms with Gasteiger partial charge in [-0.3, -0.25) is 18.8 Å². The van der Waals surface area contributed by atoms with Gasteiger partial charge in [-0.15, -0.1) is 0 Å². The van der Waals surface area contributed by atoms with Crippen LogP contribution in [0.4, 0.5) is 0 Å². The molecule has 0 radical (unpaired) electrons. The van der Waals surface area contributed by atoms with E-state index in [0.29, 0.717) is 12.8 Å². The van der Waals surface area contributed by atoms with E-state index in [9.17, 15) is 4.79 Å². The normalized spacial score (nSPS) is 18.1. The number of benzene rings is 1. The molecule has 1 aromatic carbocycles. The van der Waals surface area contributed by atoms with E-state index in [0.717, 1.165) is 19.6 Å². The Morgan fingerprint density at radius 1 is 1.18 bits per heavy atom. The fourth-order valence-electron chi connectivity index (χ4n) is 2.17. The van der Waals surface area contributed by atoms with E-state index in [-0.39, 0.29) is 0 Å². The SMILES string of the molecule is NC1(C(=O)O)CCN(Cc2ccccc2)CC1.O=S(=O)(O)O. The van der Waals surface area contributed by atoms with Gasteiger partial charge in [-0.1, -0.05) is 30.3 Å². The van der Waals surface area contributed by atoms with Crippen LogP contribution in [0, 0.1) is 0 Å². The highest BCUT2D eigenvalue weighted by molar-refractivity contribution is 7.79. The first-order chi connectivity index (χ1) is 10.1. The van der Waals surface area contributed by atoms with Gasteiger partial charge in [0.2, 0.25) is 0 Å². The number of nitrogens with two attached hydrogens (primary N) is 1. The quantitative estimate of drug-likeness (QED) is 0.583. The van der Waals surface area contributed by atoms with Gasteiger partial charge in [0.15, 0.2) is 0 Å². The maximum Gasteiger partial charge on any atom is 0.394 e. The summed E-state index contributed by atoms with van der Waals surface area (Å²) in [6.07, 6.45) is 1.05. The summed E-state index contributed by atoms with van der Waals surface area (Å²) in [4.78, 5) is 13.3. The van der Waals surface area contributed by atoms with Gasteiger partial charge in [-0.05, 0) is 18.4 Å². The number of carbonyl (C=O) groups is 1. The molecule has 1 aliphatic rings. The molecule has 0 atom stereocenters. The highest BCUT2D eigenvalue weighted by Crippen LogP contribution is 2.21. The van der Waals surface area contributed by atoms with E-state index < -0.39 is 21.9 Å². The third-order valence-corrected chi connectivity index (χ3v) is 3.42. The van der Waals surface area contributed by atoms with E-state index in [1.165, 1.54) is 5.56 Å². The average molecular weight is 332 g/mol. The number of piperidine rings is 1. The second-order valence-corrected chi connectivity index (χ2v) is 6.07. The lowest BCUT2D eigenvalue weighted by Crippen LogP contribution is -2.55. The fraction of sp³-hybridized carbons (Fsp3) is 0.462. The molecule has 1 saturated heterocycles. The highest BCUT2D eigenvalue weighted by atomic mass is 32.3. The lowest BCUT2D eigenvalue weighted by Gasteiger charge is -2.36. The second kappa shape index (κ2) is 7.65. The van der Waals surface area contributed by atoms with Crippen molar-refractivity contribution in [2.24, 2.45) is 5.73 Å². The molecule has 1 fully saturated rings. The van der Waals surface area contributed by atoms with Gasteiger partial charge in [0, 0.05) is 19.6 Å². The molecule has 1 aromatic rings. The van der Waals surface area contributed by atoms with Crippen molar-refractivity contribution in [1.29, 1.82) is 0 Å². The molecule has 5 N–H and O–H groups in total. The number of aliphatic carboxylic acids is 1. The molecule has 1 aliphatic heterocycles. The van der Waals surface area contributed by atoms with Crippen LogP contribution in [0.25, 0.3) is 0 Å². The molecule has 0 aliphatic carbocycles. The van der Waals surface area contributed by atoms with Gasteiger partial charge in [0.05, 0.1) is 0 Å². The molecule has 0 amide bonds. The summed E-state index contributed by atoms with van der Waals surface area (Å²) in [7, 11) is -4.67. The largest absolute Gasteiger partial charge is 0.480 e. The van der Waals surface area contributed by atoms with Gasteiger partial charge >= 0.3 is 16.4 Å². The Hall–Kier alpha value is -1.52. The fourth-order valence-corrected chi connectivity index (χ4v) is 2.17. The third kappa shape index (κ3) is 6.96. The summed E-state index contributed by atoms with van der Waals surface area (Å²) < 4.78 is 31.6. The smallest absolute Gasteiger partial charge is 0.394 e. The number of hydrogen-bond donors (Lipinski definition) is 4. The minimum Gasteiger partial charge on any atom is -0.480 e. The number of rotatable bonds is 3. The predicted molar refractivity (Wildman–Crippen MR) is 79.7 cm³/mol. The monoisotopic (exact) mass is 332 g/mol. The summed E-state index contributed by atoms with van der Waals surface area (Å²) in [6.45, 7) is 2.37. The van der Waals surface area contributed by atoms with Crippen LogP contribution < -0.4 is 5.73 Å². The van der Waals surface area contributed by atoms with Crippen LogP contribution >= 0.6 is 0 Å². The topological polar surface area (TPSA) is 141 Å². The van der Waals surface area contributed by atoms with Crippen molar-refractivity contribution < 1.29 is 27.4 Å². The summed E-state index contributed by atoms with van der Waals surface area (Å²) >= 11 is 0. The van der Waals surface area contributed by atoms with Crippen molar-refractivity contribution in [1.82, 2.24) is 4.90 Å². The van der Waals surface area contributed by atoms with Crippen LogP contribution in [-0.4, -0.2) is 52.1 Å². The molecular formula is C13H20N2O6S. The molecular weight excluding hydrogens is 312 g/mol. The Morgan fingerprint density at radius 3 is 2.05 bits per heavy atom. The van der Waals surface area contributed by atoms with Gasteiger partial charge < -0.3 is 10.8 Å². The van der Waals surface area contributed by atoms with Gasteiger partial charge in [-0.25, -0.2) is 0 Å². The van der Waals surface area contributed by atoms with Gasteiger partial charge in [-0.2, -0.15) is 8.42 Å². The molecule has 0 aromatic heterocycles. The molecule has 8 nitrogen and oxygen atoms in total. The molecule has 2 rings (SSSR count). The summed E-state index contributed by atoms with van der Waals surface area (Å²) in [5.74, 6) is -0.878. The lowest BCUT2D eigenvalue weighted by atomic mass is 9.88. The predicted octanol–water partition coefficient (Wildman–Crippen LogP) is 0.412. The molecule has 1 heterocycles. The molecule has 0 spiro atoms. The van der Waals surface area contributed by atoms with Crippen molar-refractivity contribution in [3.8, 4) is 0 Å². The molecule has 9 heteroatoms. The third-order valence-electron chi connectivity index (χ3n) is 3.42. The first kappa shape index (κ1) is 18.5. The number of carboxylic acids is 1. The molecule has 0 unspecified atom stereocenters. The Morgan fingerprint density at radius 2 is 1.64 bits per heavy atom. The molecule has 0 bridgehead atoms. The average Bonchev–Trinajstić information content (AvgIpc) is 2.41. The minimum absolute atomic E-state index is 0.523. The van der Waals surface area contributed by atoms with Crippen molar-refractivity contribution in [2.45, 2.75) is 24.9 Å². The van der Waals surface area contributed by atoms with Crippen molar-refractivity contribution in [3.63, 3.8) is 0 Å². The van der Waals surface area contributed by atoms with E-state index in [2.05, 4.69) is 17.0 Å². The van der Waals surface area contributed by atoms with Crippen LogP contribution in [0.15, 0.2) is 30.3 Å². The highest BCUT2D eigenvalue weighted by Gasteiger charge is 2.37. The van der Waals surface area contributed by atoms with Crippen LogP contribution in [0.3, 0.4) is 0 Å². The molecule has 0 saturated carbocycles. The van der Waals surface area contributed by atoms with E-state index in [1.807, 2.05) is 18.2 Å². The summed E-state index contributed by atoms with van der Waals surface area (Å²) in [6, 6.07) is 10.2. The standard InChI is InChI=1S/C13H18N2O2.H2O4S/c14-13(12(16)17)6-8-15(9-7-13)10-11-4-2-1-3-5-11;1-5(2,3)4/h1-5H,6-10,14H2,(H,16,17);(H2,1,2,3,4). The van der Waals surface area contributed by atoms with E-state index >= 15 is 0 Å². The maximum atomic E-state index is 11.0. The van der Waals surface area contributed by atoms with Crippen molar-refractivity contribution in [3.05, 3.63) is 35.9 Å². The second-order valence-electron chi connectivity index (χ2n) is 5.17. The Labute approximate surface area is 129 Å². The zero-order chi connectivity index (χ0) is 16.8. The van der Waals surface area contributed by atoms with Crippen molar-refractivity contribution in [2.75, 3.05) is 13.1 Å². The maximum absolute atomic E-state index is 11.0. The minimum atomic E-state index is -4.67. The first-order valence-electron chi connectivity index (χ1n) is 6.58. The number of likely N-dealkylation sites (tertiary alicyclic amines) is 1. The number of nitrogens with zero attached hydrogens (tertiary/aromatic N) is 1. The summed E-state index contributed by atoms with van der Waals surface area (Å²) in [5, 5.41) is 9.03. The number of carboxylic acid groups (broad SMARTS) is 1. The number of hydrogen-bond acceptors (Lipinski definition) is 5. The van der Waals surface area contributed by atoms with Gasteiger partial charge in [0.25, 0.3) is 0 Å². The lowest BCUT2D eigenvalue weighted by molar-refractivity contribution is -0.145. The zero-order valence-electron chi connectivity index (χ0n) is 11.9. The van der Waals surface area contributed by atoms with E-state index in [1.54, 1.807) is 0 Å². The molecule has 124 valence electrons. The van der Waals surface area contributed by atoms with Crippen LogP contribution in [0.5, 0.6) is 0 Å². The zero-order valence-corrected chi connectivity index (χ0v) is 12.7. The van der Waals surface area contributed by atoms with Crippen molar-refractivity contribution >= 4 is 16.4 Å². The van der Waals surface area contributed by atoms with Crippen LogP contribution in [0.1, 0.15) is 18.4 Å². The molecule has 22 heavy (non-hydrogen) atoms. The Balaban J connectivity index is 0.000000422. The van der Waals surface area contributed by atoms with Gasteiger partial charge in [0.1, 0.15) is 5.54 Å². The van der Waals surface area contributed by atoms with Crippen LogP contribution in [-0.2, 0) is 21.7 Å². The summed E-state index contributed by atoms with van der Waals surface area (Å²) in [5.41, 5.74) is 6.07. The Kier molecular flexibility index (Phi) is 6.45. The first-order valence-corrected chi connectivity index (χ1v) is 7.98. The van der Waals surface area contributed by atoms with E-state index in [4.69, 9.17) is 28.4 Å². The van der Waals surface area contributed by atoms with Crippen LogP contribution in [0.2, 0.25) is 0 Å².